The van der Waals surface area contributed by atoms with Crippen LogP contribution in [0.4, 0.5) is 0 Å². The number of hydrogen-bond acceptors (Lipinski definition) is 6. The van der Waals surface area contributed by atoms with Crippen molar-refractivity contribution in [1.29, 1.82) is 0 Å². The average molecular weight is 363 g/mol. The molecule has 0 unspecified atom stereocenters. The van der Waals surface area contributed by atoms with Gasteiger partial charge in [-0.15, -0.1) is 5.10 Å². The highest BCUT2D eigenvalue weighted by Crippen LogP contribution is 2.29. The van der Waals surface area contributed by atoms with Crippen molar-refractivity contribution in [3.63, 3.8) is 0 Å². The standard InChI is InChI=1S/C13H14N2O5.C5H11N/c1-2-19-9-5-3-4-8-12(9)14-15-13(8)20-11(18)7-6-10(16)17;1-2-4-6-5-3-1/h3-5H,2,6-7H2,1H3,(H,14,15)(H,16,17);6H,1-5H2. The number of benzene rings is 1. The third-order valence-corrected chi connectivity index (χ3v) is 3.79. The Labute approximate surface area is 151 Å². The van der Waals surface area contributed by atoms with E-state index in [0.717, 1.165) is 0 Å². The van der Waals surface area contributed by atoms with Crippen molar-refractivity contribution in [2.24, 2.45) is 0 Å². The quantitative estimate of drug-likeness (QED) is 0.676. The molecule has 0 spiro atoms. The van der Waals surface area contributed by atoms with Crippen LogP contribution in [0.25, 0.3) is 10.9 Å². The second-order valence-electron chi connectivity index (χ2n) is 5.82. The number of esters is 1. The first-order chi connectivity index (χ1) is 12.6. The van der Waals surface area contributed by atoms with E-state index in [0.29, 0.717) is 23.3 Å². The first kappa shape index (κ1) is 19.7. The summed E-state index contributed by atoms with van der Waals surface area (Å²) in [5, 5.41) is 19.1. The molecular weight excluding hydrogens is 338 g/mol. The molecule has 0 bridgehead atoms. The molecule has 3 rings (SSSR count). The van der Waals surface area contributed by atoms with E-state index in [-0.39, 0.29) is 18.7 Å². The maximum atomic E-state index is 11.5. The number of carboxylic acids is 1. The van der Waals surface area contributed by atoms with Crippen molar-refractivity contribution in [3.8, 4) is 11.6 Å². The molecule has 8 heteroatoms. The van der Waals surface area contributed by atoms with Crippen LogP contribution in [-0.2, 0) is 9.59 Å². The highest BCUT2D eigenvalue weighted by molar-refractivity contribution is 5.91. The Morgan fingerprint density at radius 3 is 2.54 bits per heavy atom. The van der Waals surface area contributed by atoms with E-state index in [9.17, 15) is 9.59 Å². The van der Waals surface area contributed by atoms with Crippen LogP contribution in [0.2, 0.25) is 0 Å². The minimum absolute atomic E-state index is 0.122. The van der Waals surface area contributed by atoms with Crippen LogP contribution in [0.3, 0.4) is 0 Å². The lowest BCUT2D eigenvalue weighted by atomic mass is 10.2. The molecule has 1 fully saturated rings. The minimum atomic E-state index is -1.05. The van der Waals surface area contributed by atoms with Gasteiger partial charge in [0.1, 0.15) is 11.3 Å². The molecule has 142 valence electrons. The molecule has 0 amide bonds. The number of nitrogens with zero attached hydrogens (tertiary/aromatic N) is 1. The summed E-state index contributed by atoms with van der Waals surface area (Å²) in [5.74, 6) is -0.947. The van der Waals surface area contributed by atoms with Crippen LogP contribution in [0.1, 0.15) is 39.0 Å². The predicted molar refractivity (Wildman–Crippen MR) is 96.5 cm³/mol. The number of aliphatic carboxylic acids is 1. The summed E-state index contributed by atoms with van der Waals surface area (Å²) < 4.78 is 10.5. The molecule has 1 saturated heterocycles. The molecular formula is C18H25N3O5. The van der Waals surface area contributed by atoms with Crippen molar-refractivity contribution in [3.05, 3.63) is 18.2 Å². The fraction of sp³-hybridized carbons (Fsp3) is 0.500. The Morgan fingerprint density at radius 1 is 1.19 bits per heavy atom. The molecule has 8 nitrogen and oxygen atoms in total. The minimum Gasteiger partial charge on any atom is -0.492 e. The second kappa shape index (κ2) is 10.4. The van der Waals surface area contributed by atoms with E-state index in [1.165, 1.54) is 32.4 Å². The normalized spacial score (nSPS) is 13.6. The largest absolute Gasteiger partial charge is 0.492 e. The monoisotopic (exact) mass is 363 g/mol. The first-order valence-corrected chi connectivity index (χ1v) is 8.85. The molecule has 1 aliphatic rings. The van der Waals surface area contributed by atoms with Gasteiger partial charge >= 0.3 is 11.9 Å². The van der Waals surface area contributed by atoms with Gasteiger partial charge in [0.2, 0.25) is 5.88 Å². The van der Waals surface area contributed by atoms with Crippen LogP contribution in [-0.4, -0.2) is 46.9 Å². The summed E-state index contributed by atoms with van der Waals surface area (Å²) in [7, 11) is 0. The number of piperidine rings is 1. The number of carbonyl (C=O) groups is 2. The number of carbonyl (C=O) groups excluding carboxylic acids is 1. The van der Waals surface area contributed by atoms with Crippen molar-refractivity contribution in [2.75, 3.05) is 19.7 Å². The van der Waals surface area contributed by atoms with Crippen molar-refractivity contribution >= 4 is 22.8 Å². The third-order valence-electron chi connectivity index (χ3n) is 3.79. The number of hydrogen-bond donors (Lipinski definition) is 3. The fourth-order valence-corrected chi connectivity index (χ4v) is 2.51. The number of H-pyrrole nitrogens is 1. The van der Waals surface area contributed by atoms with Gasteiger partial charge in [0.25, 0.3) is 0 Å². The highest BCUT2D eigenvalue weighted by Gasteiger charge is 2.15. The summed E-state index contributed by atoms with van der Waals surface area (Å²) >= 11 is 0. The summed E-state index contributed by atoms with van der Waals surface area (Å²) in [6.07, 6.45) is 3.74. The van der Waals surface area contributed by atoms with Gasteiger partial charge < -0.3 is 19.9 Å². The van der Waals surface area contributed by atoms with E-state index >= 15 is 0 Å². The smallest absolute Gasteiger partial charge is 0.313 e. The molecule has 0 atom stereocenters. The van der Waals surface area contributed by atoms with Gasteiger partial charge in [0, 0.05) is 0 Å². The van der Waals surface area contributed by atoms with Gasteiger partial charge in [-0.25, -0.2) is 0 Å². The van der Waals surface area contributed by atoms with Gasteiger partial charge in [0.05, 0.1) is 24.8 Å². The number of aromatic amines is 1. The number of rotatable bonds is 6. The number of aromatic nitrogens is 2. The number of fused-ring (bicyclic) bond motifs is 1. The van der Waals surface area contributed by atoms with Crippen LogP contribution >= 0.6 is 0 Å². The zero-order valence-electron chi connectivity index (χ0n) is 14.9. The van der Waals surface area contributed by atoms with Crippen molar-refractivity contribution < 1.29 is 24.2 Å². The SMILES string of the molecule is C1CCNCC1.CCOc1cccc2c(OC(=O)CCC(=O)O)n[nH]c12. The Kier molecular flexibility index (Phi) is 7.88. The van der Waals surface area contributed by atoms with Gasteiger partial charge in [0.15, 0.2) is 0 Å². The molecule has 0 saturated carbocycles. The summed E-state index contributed by atoms with van der Waals surface area (Å²) in [6, 6.07) is 5.28. The Balaban J connectivity index is 0.000000342. The molecule has 2 heterocycles. The number of ether oxygens (including phenoxy) is 2. The van der Waals surface area contributed by atoms with Gasteiger partial charge in [-0.2, -0.15) is 0 Å². The Morgan fingerprint density at radius 2 is 1.96 bits per heavy atom. The molecule has 26 heavy (non-hydrogen) atoms. The van der Waals surface area contributed by atoms with Gasteiger partial charge in [-0.05, 0) is 45.0 Å². The van der Waals surface area contributed by atoms with E-state index in [1.807, 2.05) is 6.92 Å². The summed E-state index contributed by atoms with van der Waals surface area (Å²) in [5.41, 5.74) is 0.635. The maximum absolute atomic E-state index is 11.5. The average Bonchev–Trinajstić information content (AvgIpc) is 3.06. The van der Waals surface area contributed by atoms with E-state index in [2.05, 4.69) is 15.5 Å². The predicted octanol–water partition coefficient (Wildman–Crippen LogP) is 2.49. The summed E-state index contributed by atoms with van der Waals surface area (Å²) in [6.45, 7) is 4.87. The maximum Gasteiger partial charge on any atom is 0.313 e. The number of para-hydroxylation sites is 1. The van der Waals surface area contributed by atoms with Crippen LogP contribution in [0, 0.1) is 0 Å². The van der Waals surface area contributed by atoms with Gasteiger partial charge in [-0.1, -0.05) is 12.5 Å². The molecule has 1 aromatic carbocycles. The van der Waals surface area contributed by atoms with E-state index in [4.69, 9.17) is 14.6 Å². The number of carboxylic acid groups (broad SMARTS) is 1. The lowest BCUT2D eigenvalue weighted by Crippen LogP contribution is -2.21. The fourth-order valence-electron chi connectivity index (χ4n) is 2.51. The van der Waals surface area contributed by atoms with Crippen molar-refractivity contribution in [1.82, 2.24) is 15.5 Å². The van der Waals surface area contributed by atoms with Gasteiger partial charge in [-0.3, -0.25) is 14.7 Å². The number of nitrogens with one attached hydrogen (secondary N) is 2. The van der Waals surface area contributed by atoms with Crippen LogP contribution < -0.4 is 14.8 Å². The zero-order valence-corrected chi connectivity index (χ0v) is 14.9. The Hall–Kier alpha value is -2.61. The van der Waals surface area contributed by atoms with Crippen molar-refractivity contribution in [2.45, 2.75) is 39.0 Å². The lowest BCUT2D eigenvalue weighted by molar-refractivity contribution is -0.142. The first-order valence-electron chi connectivity index (χ1n) is 8.85. The second-order valence-corrected chi connectivity index (χ2v) is 5.82. The Bertz CT molecular complexity index is 713. The highest BCUT2D eigenvalue weighted by atomic mass is 16.5. The molecule has 1 aliphatic heterocycles. The topological polar surface area (TPSA) is 114 Å². The van der Waals surface area contributed by atoms with Crippen LogP contribution in [0.5, 0.6) is 11.6 Å². The van der Waals surface area contributed by atoms with E-state index in [1.54, 1.807) is 18.2 Å². The molecule has 0 aliphatic carbocycles. The lowest BCUT2D eigenvalue weighted by Gasteiger charge is -2.08. The molecule has 1 aromatic heterocycles. The molecule has 0 radical (unpaired) electrons. The summed E-state index contributed by atoms with van der Waals surface area (Å²) in [4.78, 5) is 21.9. The molecule has 3 N–H and O–H groups in total. The molecule has 2 aromatic rings. The van der Waals surface area contributed by atoms with Crippen LogP contribution in [0.15, 0.2) is 18.2 Å². The third kappa shape index (κ3) is 6.03. The van der Waals surface area contributed by atoms with E-state index < -0.39 is 11.9 Å². The zero-order chi connectivity index (χ0) is 18.8.